The van der Waals surface area contributed by atoms with E-state index in [1.165, 1.54) is 38.4 Å². The Morgan fingerprint density at radius 3 is 2.46 bits per heavy atom. The van der Waals surface area contributed by atoms with Crippen LogP contribution in [0.5, 0.6) is 0 Å². The molecule has 26 heavy (non-hydrogen) atoms. The van der Waals surface area contributed by atoms with Gasteiger partial charge in [-0.2, -0.15) is 0 Å². The number of amides is 1. The van der Waals surface area contributed by atoms with Crippen molar-refractivity contribution in [1.29, 1.82) is 0 Å². The predicted molar refractivity (Wildman–Crippen MR) is 101 cm³/mol. The van der Waals surface area contributed by atoms with E-state index in [1.807, 2.05) is 4.90 Å². The number of likely N-dealkylation sites (tertiary alicyclic amines) is 1. The molecule has 0 aromatic heterocycles. The second-order valence-corrected chi connectivity index (χ2v) is 10.4. The van der Waals surface area contributed by atoms with Gasteiger partial charge in [-0.25, -0.2) is 13.1 Å². The van der Waals surface area contributed by atoms with Crippen molar-refractivity contribution in [2.45, 2.75) is 69.8 Å². The molecule has 1 N–H and O–H groups in total. The highest BCUT2D eigenvalue weighted by Crippen LogP contribution is 2.38. The molecule has 1 amide bonds. The number of hydrogen-bond donors (Lipinski definition) is 1. The Labute approximate surface area is 158 Å². The van der Waals surface area contributed by atoms with E-state index in [0.717, 1.165) is 45.2 Å². The Morgan fingerprint density at radius 1 is 1.12 bits per heavy atom. The highest BCUT2D eigenvalue weighted by molar-refractivity contribution is 7.88. The maximum absolute atomic E-state index is 12.6. The number of sulfonamides is 1. The Kier molecular flexibility index (Phi) is 6.62. The topological polar surface area (TPSA) is 75.7 Å². The van der Waals surface area contributed by atoms with Crippen LogP contribution in [0.4, 0.5) is 0 Å². The lowest BCUT2D eigenvalue weighted by atomic mass is 9.79. The smallest absolute Gasteiger partial charge is 0.222 e. The molecule has 1 unspecified atom stereocenters. The quantitative estimate of drug-likeness (QED) is 0.787. The summed E-state index contributed by atoms with van der Waals surface area (Å²) in [7, 11) is -3.14. The van der Waals surface area contributed by atoms with Gasteiger partial charge in [0.05, 0.1) is 11.9 Å². The average molecular weight is 387 g/mol. The molecule has 1 aliphatic carbocycles. The second kappa shape index (κ2) is 8.57. The minimum absolute atomic E-state index is 0.163. The first-order chi connectivity index (χ1) is 12.4. The van der Waals surface area contributed by atoms with E-state index < -0.39 is 10.0 Å². The van der Waals surface area contributed by atoms with Crippen LogP contribution in [0.3, 0.4) is 0 Å². The van der Waals surface area contributed by atoms with Gasteiger partial charge in [0.2, 0.25) is 15.9 Å². The summed E-state index contributed by atoms with van der Waals surface area (Å²) in [5.74, 6) is 1.23. The van der Waals surface area contributed by atoms with Crippen LogP contribution in [0, 0.1) is 11.8 Å². The summed E-state index contributed by atoms with van der Waals surface area (Å²) < 4.78 is 31.4. The summed E-state index contributed by atoms with van der Waals surface area (Å²) in [5.41, 5.74) is -0.163. The molecule has 0 aromatic carbocycles. The van der Waals surface area contributed by atoms with E-state index in [9.17, 15) is 13.2 Å². The van der Waals surface area contributed by atoms with Crippen molar-refractivity contribution >= 4 is 15.9 Å². The zero-order valence-electron chi connectivity index (χ0n) is 16.0. The second-order valence-electron chi connectivity index (χ2n) is 8.60. The molecule has 150 valence electrons. The molecule has 6 nitrogen and oxygen atoms in total. The summed E-state index contributed by atoms with van der Waals surface area (Å²) in [6.07, 6.45) is 11.8. The molecular formula is C19H34N2O4S. The fourth-order valence-electron chi connectivity index (χ4n) is 4.85. The zero-order valence-corrected chi connectivity index (χ0v) is 16.9. The molecule has 3 fully saturated rings. The molecule has 0 radical (unpaired) electrons. The van der Waals surface area contributed by atoms with Crippen LogP contribution < -0.4 is 4.72 Å². The number of hydrogen-bond acceptors (Lipinski definition) is 4. The maximum Gasteiger partial charge on any atom is 0.222 e. The molecule has 2 heterocycles. The van der Waals surface area contributed by atoms with Crippen molar-refractivity contribution in [2.24, 2.45) is 11.8 Å². The van der Waals surface area contributed by atoms with Crippen LogP contribution in [0.2, 0.25) is 0 Å². The monoisotopic (exact) mass is 386 g/mol. The third-order valence-electron chi connectivity index (χ3n) is 6.44. The van der Waals surface area contributed by atoms with Gasteiger partial charge in [0, 0.05) is 32.7 Å². The Hall–Kier alpha value is -0.660. The van der Waals surface area contributed by atoms with E-state index in [0.29, 0.717) is 30.9 Å². The largest absolute Gasteiger partial charge is 0.375 e. The van der Waals surface area contributed by atoms with Crippen molar-refractivity contribution in [1.82, 2.24) is 9.62 Å². The first-order valence-corrected chi connectivity index (χ1v) is 12.1. The number of nitrogens with zero attached hydrogens (tertiary/aromatic N) is 1. The van der Waals surface area contributed by atoms with E-state index in [2.05, 4.69) is 4.72 Å². The highest BCUT2D eigenvalue weighted by atomic mass is 32.2. The van der Waals surface area contributed by atoms with Crippen LogP contribution in [0.25, 0.3) is 0 Å². The van der Waals surface area contributed by atoms with Gasteiger partial charge >= 0.3 is 0 Å². The standard InChI is InChI=1S/C19H34N2O4S/c1-26(23,24)20-15-17-7-12-25-19(14-17)8-10-21(11-9-19)18(22)13-16-5-3-2-4-6-16/h16-17,20H,2-15H2,1H3. The highest BCUT2D eigenvalue weighted by Gasteiger charge is 2.41. The molecule has 3 aliphatic rings. The molecule has 1 atom stereocenters. The zero-order chi connectivity index (χ0) is 18.6. The summed E-state index contributed by atoms with van der Waals surface area (Å²) in [6.45, 7) is 2.73. The number of nitrogens with one attached hydrogen (secondary N) is 1. The predicted octanol–water partition coefficient (Wildman–Crippen LogP) is 2.29. The first-order valence-electron chi connectivity index (χ1n) is 10.2. The lowest BCUT2D eigenvalue weighted by Gasteiger charge is -2.46. The van der Waals surface area contributed by atoms with Gasteiger partial charge in [0.25, 0.3) is 0 Å². The molecule has 3 rings (SSSR count). The molecule has 1 spiro atoms. The Bertz CT molecular complexity index is 578. The third kappa shape index (κ3) is 5.67. The fourth-order valence-corrected chi connectivity index (χ4v) is 5.39. The fraction of sp³-hybridized carbons (Fsp3) is 0.947. The van der Waals surface area contributed by atoms with Crippen molar-refractivity contribution in [2.75, 3.05) is 32.5 Å². The van der Waals surface area contributed by atoms with Gasteiger partial charge in [-0.15, -0.1) is 0 Å². The number of piperidine rings is 1. The van der Waals surface area contributed by atoms with Crippen LogP contribution in [-0.2, 0) is 19.6 Å². The summed E-state index contributed by atoms with van der Waals surface area (Å²) >= 11 is 0. The average Bonchev–Trinajstić information content (AvgIpc) is 2.61. The van der Waals surface area contributed by atoms with E-state index in [4.69, 9.17) is 4.74 Å². The Morgan fingerprint density at radius 2 is 1.81 bits per heavy atom. The van der Waals surface area contributed by atoms with Crippen LogP contribution >= 0.6 is 0 Å². The van der Waals surface area contributed by atoms with E-state index in [1.54, 1.807) is 0 Å². The summed E-state index contributed by atoms with van der Waals surface area (Å²) in [6, 6.07) is 0. The molecule has 2 saturated heterocycles. The van der Waals surface area contributed by atoms with Crippen molar-refractivity contribution < 1.29 is 17.9 Å². The van der Waals surface area contributed by atoms with Gasteiger partial charge < -0.3 is 9.64 Å². The summed E-state index contributed by atoms with van der Waals surface area (Å²) in [5, 5.41) is 0. The van der Waals surface area contributed by atoms with Gasteiger partial charge in [0.1, 0.15) is 0 Å². The van der Waals surface area contributed by atoms with E-state index >= 15 is 0 Å². The Balaban J connectivity index is 1.46. The minimum atomic E-state index is -3.14. The molecule has 1 saturated carbocycles. The molecule has 2 aliphatic heterocycles. The normalized spacial score (nSPS) is 27.6. The SMILES string of the molecule is CS(=O)(=O)NCC1CCOC2(CCN(C(=O)CC3CCCCC3)CC2)C1. The first kappa shape index (κ1) is 20.1. The molecular weight excluding hydrogens is 352 g/mol. The number of ether oxygens (including phenoxy) is 1. The molecule has 0 bridgehead atoms. The number of rotatable bonds is 5. The van der Waals surface area contributed by atoms with Crippen LogP contribution in [0.1, 0.15) is 64.2 Å². The van der Waals surface area contributed by atoms with Gasteiger partial charge in [-0.1, -0.05) is 19.3 Å². The van der Waals surface area contributed by atoms with Crippen molar-refractivity contribution in [3.8, 4) is 0 Å². The van der Waals surface area contributed by atoms with Crippen molar-refractivity contribution in [3.63, 3.8) is 0 Å². The van der Waals surface area contributed by atoms with Gasteiger partial charge in [-0.05, 0) is 50.4 Å². The lowest BCUT2D eigenvalue weighted by molar-refractivity contribution is -0.147. The lowest BCUT2D eigenvalue weighted by Crippen LogP contribution is -2.52. The summed E-state index contributed by atoms with van der Waals surface area (Å²) in [4.78, 5) is 14.7. The van der Waals surface area contributed by atoms with Crippen LogP contribution in [0.15, 0.2) is 0 Å². The van der Waals surface area contributed by atoms with Gasteiger partial charge in [0.15, 0.2) is 0 Å². The molecule has 7 heteroatoms. The number of carbonyl (C=O) groups excluding carboxylic acids is 1. The minimum Gasteiger partial charge on any atom is -0.375 e. The van der Waals surface area contributed by atoms with Crippen LogP contribution in [-0.4, -0.2) is 57.3 Å². The van der Waals surface area contributed by atoms with E-state index in [-0.39, 0.29) is 5.60 Å². The van der Waals surface area contributed by atoms with Crippen molar-refractivity contribution in [3.05, 3.63) is 0 Å². The molecule has 0 aromatic rings. The van der Waals surface area contributed by atoms with Gasteiger partial charge in [-0.3, -0.25) is 4.79 Å². The third-order valence-corrected chi connectivity index (χ3v) is 7.14. The number of carbonyl (C=O) groups is 1. The maximum atomic E-state index is 12.6.